The Morgan fingerprint density at radius 2 is 0.950 bits per heavy atom. The molecular weight excluding hydrogens is 254 g/mol. The largest absolute Gasteiger partial charge is 0.255 e. The molecule has 0 heterocycles. The smallest absolute Gasteiger partial charge is 0.206 e. The Bertz CT molecular complexity index is 304. The lowest BCUT2D eigenvalue weighted by molar-refractivity contribution is 0.0226. The van der Waals surface area contributed by atoms with Crippen molar-refractivity contribution in [2.45, 2.75) is 80.6 Å². The summed E-state index contributed by atoms with van der Waals surface area (Å²) in [5, 5.41) is 0. The molecule has 0 N–H and O–H groups in total. The lowest BCUT2D eigenvalue weighted by atomic mass is 9.81. The molecule has 0 amide bonds. The monoisotopic (exact) mass is 288 g/mol. The van der Waals surface area contributed by atoms with E-state index >= 15 is 0 Å². The van der Waals surface area contributed by atoms with Gasteiger partial charge in [0.2, 0.25) is 0 Å². The number of hydrogen-bond acceptors (Lipinski definition) is 0. The highest BCUT2D eigenvalue weighted by molar-refractivity contribution is 5.12. The topological polar surface area (TPSA) is 0 Å². The van der Waals surface area contributed by atoms with Gasteiger partial charge in [0.15, 0.2) is 0 Å². The molecule has 0 radical (unpaired) electrons. The minimum Gasteiger partial charge on any atom is -0.206 e. The van der Waals surface area contributed by atoms with Crippen LogP contribution in [0.15, 0.2) is 0 Å². The lowest BCUT2D eigenvalue weighted by Gasteiger charge is -2.24. The number of rotatable bonds is 4. The number of hydrogen-bond donors (Lipinski definition) is 0. The lowest BCUT2D eigenvalue weighted by Crippen LogP contribution is -2.24. The van der Waals surface area contributed by atoms with Crippen LogP contribution in [-0.4, -0.2) is 5.92 Å². The van der Waals surface area contributed by atoms with Gasteiger partial charge >= 0.3 is 0 Å². The average molecular weight is 288 g/mol. The summed E-state index contributed by atoms with van der Waals surface area (Å²) in [6, 6.07) is 0. The van der Waals surface area contributed by atoms with Crippen LogP contribution in [0, 0.1) is 34.5 Å². The molecule has 0 saturated heterocycles. The highest BCUT2D eigenvalue weighted by Gasteiger charge is 2.73. The van der Waals surface area contributed by atoms with E-state index in [2.05, 4.69) is 27.7 Å². The standard InChI is InChI=1S/C9H16F2.C9H18/c1-6(2)8(7(3)4)5-9(8,10)11;1-7(2)9(5-6-9)8(3)4/h6-7H,5H2,1-4H3;7-8H,5-6H2,1-4H3. The van der Waals surface area contributed by atoms with E-state index in [0.29, 0.717) is 0 Å². The summed E-state index contributed by atoms with van der Waals surface area (Å²) in [4.78, 5) is 0. The molecule has 0 aromatic heterocycles. The second-order valence-electron chi connectivity index (χ2n) is 8.27. The van der Waals surface area contributed by atoms with E-state index in [1.165, 1.54) is 12.8 Å². The molecule has 120 valence electrons. The highest BCUT2D eigenvalue weighted by atomic mass is 19.3. The minimum atomic E-state index is -2.39. The van der Waals surface area contributed by atoms with E-state index in [0.717, 1.165) is 17.3 Å². The fraction of sp³-hybridized carbons (Fsp3) is 1.00. The van der Waals surface area contributed by atoms with Gasteiger partial charge < -0.3 is 0 Å². The average Bonchev–Trinajstić information content (AvgIpc) is 3.12. The van der Waals surface area contributed by atoms with Crippen LogP contribution in [0.2, 0.25) is 0 Å². The first kappa shape index (κ1) is 17.9. The van der Waals surface area contributed by atoms with Gasteiger partial charge in [-0.1, -0.05) is 55.4 Å². The van der Waals surface area contributed by atoms with Crippen LogP contribution in [0.3, 0.4) is 0 Å². The van der Waals surface area contributed by atoms with E-state index in [9.17, 15) is 8.78 Å². The van der Waals surface area contributed by atoms with Crippen molar-refractivity contribution in [1.29, 1.82) is 0 Å². The van der Waals surface area contributed by atoms with E-state index < -0.39 is 11.3 Å². The summed E-state index contributed by atoms with van der Waals surface area (Å²) >= 11 is 0. The van der Waals surface area contributed by atoms with Gasteiger partial charge in [-0.2, -0.15) is 0 Å². The van der Waals surface area contributed by atoms with Gasteiger partial charge in [-0.25, -0.2) is 8.78 Å². The number of alkyl halides is 2. The van der Waals surface area contributed by atoms with Crippen LogP contribution < -0.4 is 0 Å². The molecule has 0 bridgehead atoms. The van der Waals surface area contributed by atoms with E-state index in [1.807, 2.05) is 27.7 Å². The van der Waals surface area contributed by atoms with Gasteiger partial charge in [-0.3, -0.25) is 0 Å². The third-order valence-corrected chi connectivity index (χ3v) is 6.26. The zero-order valence-electron chi connectivity index (χ0n) is 14.7. The fourth-order valence-corrected chi connectivity index (χ4v) is 4.21. The van der Waals surface area contributed by atoms with Gasteiger partial charge in [0.05, 0.1) is 0 Å². The van der Waals surface area contributed by atoms with Crippen LogP contribution in [-0.2, 0) is 0 Å². The first-order valence-electron chi connectivity index (χ1n) is 8.32. The highest BCUT2D eigenvalue weighted by Crippen LogP contribution is 2.68. The molecule has 2 aliphatic carbocycles. The third kappa shape index (κ3) is 2.90. The van der Waals surface area contributed by atoms with Crippen LogP contribution in [0.4, 0.5) is 8.78 Å². The number of halogens is 2. The molecule has 2 saturated carbocycles. The molecule has 2 heteroatoms. The first-order chi connectivity index (χ1) is 8.94. The molecule has 2 fully saturated rings. The molecule has 0 unspecified atom stereocenters. The molecule has 0 aromatic carbocycles. The van der Waals surface area contributed by atoms with Crippen molar-refractivity contribution >= 4 is 0 Å². The maximum atomic E-state index is 13.0. The van der Waals surface area contributed by atoms with Crippen LogP contribution in [0.1, 0.15) is 74.7 Å². The molecule has 0 aliphatic heterocycles. The summed E-state index contributed by atoms with van der Waals surface area (Å²) in [5.74, 6) is -0.403. The molecular formula is C18H34F2. The summed E-state index contributed by atoms with van der Waals surface area (Å²) in [6.45, 7) is 17.0. The molecule has 0 spiro atoms. The maximum Gasteiger partial charge on any atom is 0.255 e. The predicted octanol–water partition coefficient (Wildman–Crippen LogP) is 6.40. The second kappa shape index (κ2) is 5.57. The van der Waals surface area contributed by atoms with Crippen LogP contribution in [0.5, 0.6) is 0 Å². The molecule has 0 nitrogen and oxygen atoms in total. The van der Waals surface area contributed by atoms with Crippen LogP contribution in [0.25, 0.3) is 0 Å². The SMILES string of the molecule is CC(C)C1(C(C)C)CC1.CC(C)C1(C(C)C)CC1(F)F. The van der Waals surface area contributed by atoms with Crippen molar-refractivity contribution < 1.29 is 8.78 Å². The zero-order valence-corrected chi connectivity index (χ0v) is 14.7. The molecule has 2 rings (SSSR count). The van der Waals surface area contributed by atoms with Gasteiger partial charge in [-0.05, 0) is 41.9 Å². The summed E-state index contributed by atoms with van der Waals surface area (Å²) in [6.07, 6.45) is 3.04. The van der Waals surface area contributed by atoms with Crippen molar-refractivity contribution in [2.24, 2.45) is 34.5 Å². The quantitative estimate of drug-likeness (QED) is 0.561. The summed E-state index contributed by atoms with van der Waals surface area (Å²) in [7, 11) is 0. The molecule has 20 heavy (non-hydrogen) atoms. The van der Waals surface area contributed by atoms with Gasteiger partial charge in [0.25, 0.3) is 5.92 Å². The molecule has 2 aliphatic rings. The molecule has 0 aromatic rings. The second-order valence-corrected chi connectivity index (χ2v) is 8.27. The van der Waals surface area contributed by atoms with Crippen molar-refractivity contribution in [3.05, 3.63) is 0 Å². The van der Waals surface area contributed by atoms with Crippen molar-refractivity contribution in [2.75, 3.05) is 0 Å². The van der Waals surface area contributed by atoms with Gasteiger partial charge in [0, 0.05) is 11.8 Å². The van der Waals surface area contributed by atoms with Crippen molar-refractivity contribution in [3.63, 3.8) is 0 Å². The molecule has 0 atom stereocenters. The van der Waals surface area contributed by atoms with Crippen molar-refractivity contribution in [1.82, 2.24) is 0 Å². The van der Waals surface area contributed by atoms with Crippen molar-refractivity contribution in [3.8, 4) is 0 Å². The summed E-state index contributed by atoms with van der Waals surface area (Å²) < 4.78 is 25.9. The Labute approximate surface area is 124 Å². The third-order valence-electron chi connectivity index (χ3n) is 6.26. The predicted molar refractivity (Wildman–Crippen MR) is 83.0 cm³/mol. The first-order valence-corrected chi connectivity index (χ1v) is 8.32. The Balaban J connectivity index is 0.000000204. The van der Waals surface area contributed by atoms with E-state index in [4.69, 9.17) is 0 Å². The Kier molecular flexibility index (Phi) is 4.99. The Morgan fingerprint density at radius 3 is 0.950 bits per heavy atom. The Morgan fingerprint density at radius 1 is 0.650 bits per heavy atom. The normalized spacial score (nSPS) is 24.9. The van der Waals surface area contributed by atoms with Gasteiger partial charge in [0.1, 0.15) is 0 Å². The minimum absolute atomic E-state index is 0.0926. The summed E-state index contributed by atoms with van der Waals surface area (Å²) in [5.41, 5.74) is 0.0625. The zero-order chi connectivity index (χ0) is 15.9. The Hall–Kier alpha value is -0.140. The van der Waals surface area contributed by atoms with Gasteiger partial charge in [-0.15, -0.1) is 0 Å². The maximum absolute atomic E-state index is 13.0. The fourth-order valence-electron chi connectivity index (χ4n) is 4.21. The van der Waals surface area contributed by atoms with E-state index in [-0.39, 0.29) is 18.3 Å². The van der Waals surface area contributed by atoms with E-state index in [1.54, 1.807) is 0 Å². The van der Waals surface area contributed by atoms with Crippen LogP contribution >= 0.6 is 0 Å².